The number of ether oxygens (including phenoxy) is 1. The highest BCUT2D eigenvalue weighted by molar-refractivity contribution is 7.92. The largest absolute Gasteiger partial charge is 0.491 e. The van der Waals surface area contributed by atoms with Crippen molar-refractivity contribution in [2.45, 2.75) is 24.3 Å². The third kappa shape index (κ3) is 3.92. The smallest absolute Gasteiger partial charge is 0.240 e. The lowest BCUT2D eigenvalue weighted by Gasteiger charge is -2.12. The van der Waals surface area contributed by atoms with E-state index in [4.69, 9.17) is 4.74 Å². The van der Waals surface area contributed by atoms with E-state index in [1.165, 1.54) is 12.1 Å². The van der Waals surface area contributed by atoms with E-state index in [0.29, 0.717) is 0 Å². The molecule has 1 unspecified atom stereocenters. The molecule has 9 heteroatoms. The minimum absolute atomic E-state index is 0.0279. The van der Waals surface area contributed by atoms with Crippen LogP contribution in [0.2, 0.25) is 0 Å². The van der Waals surface area contributed by atoms with Gasteiger partial charge < -0.3 is 4.74 Å². The standard InChI is InChI=1S/C12H16FNO5S2/c1-2-19-12-4-3-10(7-11(12)13)21(17,18)14-9-5-6-20(15,16)8-9/h3-4,7,9,14H,2,5-6,8H2,1H3. The molecule has 1 heterocycles. The second-order valence-electron chi connectivity index (χ2n) is 4.75. The predicted molar refractivity (Wildman–Crippen MR) is 74.9 cm³/mol. The first kappa shape index (κ1) is 16.2. The van der Waals surface area contributed by atoms with Crippen LogP contribution in [0.25, 0.3) is 0 Å². The normalized spacial score (nSPS) is 21.3. The van der Waals surface area contributed by atoms with Gasteiger partial charge in [-0.15, -0.1) is 0 Å². The quantitative estimate of drug-likeness (QED) is 0.854. The number of hydrogen-bond acceptors (Lipinski definition) is 5. The molecular weight excluding hydrogens is 321 g/mol. The highest BCUT2D eigenvalue weighted by Crippen LogP contribution is 2.22. The van der Waals surface area contributed by atoms with Crippen molar-refractivity contribution >= 4 is 19.9 Å². The lowest BCUT2D eigenvalue weighted by molar-refractivity contribution is 0.321. The van der Waals surface area contributed by atoms with Crippen LogP contribution in [-0.2, 0) is 19.9 Å². The Morgan fingerprint density at radius 3 is 2.67 bits per heavy atom. The van der Waals surface area contributed by atoms with Crippen molar-refractivity contribution in [3.05, 3.63) is 24.0 Å². The lowest BCUT2D eigenvalue weighted by atomic mass is 10.3. The molecule has 2 rings (SSSR count). The molecule has 0 bridgehead atoms. The average Bonchev–Trinajstić information content (AvgIpc) is 2.70. The molecule has 6 nitrogen and oxygen atoms in total. The summed E-state index contributed by atoms with van der Waals surface area (Å²) in [4.78, 5) is -0.257. The van der Waals surface area contributed by atoms with Crippen LogP contribution in [0.4, 0.5) is 4.39 Å². The van der Waals surface area contributed by atoms with E-state index in [1.54, 1.807) is 6.92 Å². The number of sulfonamides is 1. The average molecular weight is 337 g/mol. The monoisotopic (exact) mass is 337 g/mol. The molecule has 1 aliphatic heterocycles. The van der Waals surface area contributed by atoms with Crippen molar-refractivity contribution in [1.29, 1.82) is 0 Å². The molecule has 1 fully saturated rings. The molecule has 0 radical (unpaired) electrons. The maximum atomic E-state index is 13.7. The van der Waals surface area contributed by atoms with E-state index in [0.717, 1.165) is 6.07 Å². The van der Waals surface area contributed by atoms with E-state index in [9.17, 15) is 21.2 Å². The van der Waals surface area contributed by atoms with Gasteiger partial charge in [0.2, 0.25) is 10.0 Å². The maximum Gasteiger partial charge on any atom is 0.240 e. The zero-order chi connectivity index (χ0) is 15.7. The Hall–Kier alpha value is -1.19. The van der Waals surface area contributed by atoms with Gasteiger partial charge in [-0.1, -0.05) is 0 Å². The second-order valence-corrected chi connectivity index (χ2v) is 8.69. The van der Waals surface area contributed by atoms with Crippen LogP contribution >= 0.6 is 0 Å². The minimum atomic E-state index is -3.96. The van der Waals surface area contributed by atoms with Crippen molar-refractivity contribution in [3.63, 3.8) is 0 Å². The second kappa shape index (κ2) is 5.90. The molecule has 1 atom stereocenters. The number of halogens is 1. The van der Waals surface area contributed by atoms with Gasteiger partial charge in [-0.05, 0) is 31.5 Å². The lowest BCUT2D eigenvalue weighted by Crippen LogP contribution is -2.35. The summed E-state index contributed by atoms with van der Waals surface area (Å²) in [5.41, 5.74) is 0. The summed E-state index contributed by atoms with van der Waals surface area (Å²) >= 11 is 0. The number of nitrogens with one attached hydrogen (secondary N) is 1. The molecule has 0 spiro atoms. The van der Waals surface area contributed by atoms with Gasteiger partial charge in [0.25, 0.3) is 0 Å². The molecule has 1 saturated heterocycles. The number of rotatable bonds is 5. The number of sulfone groups is 1. The van der Waals surface area contributed by atoms with Crippen LogP contribution in [0.15, 0.2) is 23.1 Å². The van der Waals surface area contributed by atoms with Crippen LogP contribution in [0.5, 0.6) is 5.75 Å². The third-order valence-corrected chi connectivity index (χ3v) is 6.35. The molecule has 0 amide bonds. The molecule has 0 aliphatic carbocycles. The summed E-state index contributed by atoms with van der Waals surface area (Å²) in [6, 6.07) is 2.64. The SMILES string of the molecule is CCOc1ccc(S(=O)(=O)NC2CCS(=O)(=O)C2)cc1F. The maximum absolute atomic E-state index is 13.7. The van der Waals surface area contributed by atoms with Gasteiger partial charge in [0, 0.05) is 6.04 Å². The van der Waals surface area contributed by atoms with E-state index in [1.807, 2.05) is 0 Å². The van der Waals surface area contributed by atoms with Crippen molar-refractivity contribution < 1.29 is 26.0 Å². The molecule has 1 aromatic rings. The van der Waals surface area contributed by atoms with Crippen molar-refractivity contribution in [2.75, 3.05) is 18.1 Å². The van der Waals surface area contributed by atoms with Crippen LogP contribution in [0.3, 0.4) is 0 Å². The molecule has 118 valence electrons. The Morgan fingerprint density at radius 2 is 2.14 bits per heavy atom. The summed E-state index contributed by atoms with van der Waals surface area (Å²) < 4.78 is 67.8. The first-order chi connectivity index (χ1) is 9.73. The highest BCUT2D eigenvalue weighted by atomic mass is 32.2. The third-order valence-electron chi connectivity index (χ3n) is 3.07. The zero-order valence-electron chi connectivity index (χ0n) is 11.4. The molecular formula is C12H16FNO5S2. The molecule has 21 heavy (non-hydrogen) atoms. The molecule has 0 aromatic heterocycles. The number of benzene rings is 1. The Balaban J connectivity index is 2.18. The summed E-state index contributed by atoms with van der Waals surface area (Å²) in [6.45, 7) is 1.95. The van der Waals surface area contributed by atoms with Gasteiger partial charge in [-0.25, -0.2) is 25.9 Å². The summed E-state index contributed by atoms with van der Waals surface area (Å²) in [5.74, 6) is -1.08. The van der Waals surface area contributed by atoms with Crippen molar-refractivity contribution in [2.24, 2.45) is 0 Å². The fraction of sp³-hybridized carbons (Fsp3) is 0.500. The van der Waals surface area contributed by atoms with E-state index < -0.39 is 31.7 Å². The van der Waals surface area contributed by atoms with Gasteiger partial charge in [-0.2, -0.15) is 0 Å². The van der Waals surface area contributed by atoms with E-state index >= 15 is 0 Å². The Morgan fingerprint density at radius 1 is 1.43 bits per heavy atom. The molecule has 0 saturated carbocycles. The van der Waals surface area contributed by atoms with Crippen LogP contribution in [0, 0.1) is 5.82 Å². The van der Waals surface area contributed by atoms with Gasteiger partial charge in [0.05, 0.1) is 23.0 Å². The Kier molecular flexibility index (Phi) is 4.54. The first-order valence-corrected chi connectivity index (χ1v) is 9.69. The summed E-state index contributed by atoms with van der Waals surface area (Å²) in [6.07, 6.45) is 0.223. The first-order valence-electron chi connectivity index (χ1n) is 6.38. The van der Waals surface area contributed by atoms with Crippen LogP contribution in [0.1, 0.15) is 13.3 Å². The fourth-order valence-corrected chi connectivity index (χ4v) is 5.16. The predicted octanol–water partition coefficient (Wildman–Crippen LogP) is 0.690. The summed E-state index contributed by atoms with van der Waals surface area (Å²) in [5, 5.41) is 0. The van der Waals surface area contributed by atoms with Crippen molar-refractivity contribution in [1.82, 2.24) is 4.72 Å². The van der Waals surface area contributed by atoms with Crippen molar-refractivity contribution in [3.8, 4) is 5.75 Å². The minimum Gasteiger partial charge on any atom is -0.491 e. The molecule has 1 aromatic carbocycles. The van der Waals surface area contributed by atoms with Gasteiger partial charge in [0.15, 0.2) is 21.4 Å². The summed E-state index contributed by atoms with van der Waals surface area (Å²) in [7, 11) is -7.15. The molecule has 1 aliphatic rings. The van der Waals surface area contributed by atoms with Crippen LogP contribution in [-0.4, -0.2) is 41.0 Å². The van der Waals surface area contributed by atoms with E-state index in [-0.39, 0.29) is 35.2 Å². The highest BCUT2D eigenvalue weighted by Gasteiger charge is 2.31. The molecule has 1 N–H and O–H groups in total. The van der Waals surface area contributed by atoms with E-state index in [2.05, 4.69) is 4.72 Å². The Labute approximate surface area is 123 Å². The fourth-order valence-electron chi connectivity index (χ4n) is 2.10. The Bertz CT molecular complexity index is 730. The van der Waals surface area contributed by atoms with Gasteiger partial charge >= 0.3 is 0 Å². The van der Waals surface area contributed by atoms with Gasteiger partial charge in [0.1, 0.15) is 0 Å². The number of hydrogen-bond donors (Lipinski definition) is 1. The zero-order valence-corrected chi connectivity index (χ0v) is 13.0. The van der Waals surface area contributed by atoms with Gasteiger partial charge in [-0.3, -0.25) is 0 Å². The van der Waals surface area contributed by atoms with Crippen LogP contribution < -0.4 is 9.46 Å². The topological polar surface area (TPSA) is 89.5 Å².